The summed E-state index contributed by atoms with van der Waals surface area (Å²) in [5.41, 5.74) is -0.455. The lowest BCUT2D eigenvalue weighted by Gasteiger charge is -2.49. The van der Waals surface area contributed by atoms with Crippen LogP contribution in [0.5, 0.6) is 0 Å². The van der Waals surface area contributed by atoms with Gasteiger partial charge in [0.2, 0.25) is 5.89 Å². The van der Waals surface area contributed by atoms with Crippen LogP contribution in [0.3, 0.4) is 0 Å². The Morgan fingerprint density at radius 1 is 1.30 bits per heavy atom. The molecule has 128 valence electrons. The van der Waals surface area contributed by atoms with Gasteiger partial charge in [-0.25, -0.2) is 4.79 Å². The van der Waals surface area contributed by atoms with Crippen molar-refractivity contribution in [2.45, 2.75) is 71.2 Å². The molecule has 7 heteroatoms. The molecule has 1 aromatic heterocycles. The van der Waals surface area contributed by atoms with Gasteiger partial charge in [0.25, 0.3) is 0 Å². The minimum absolute atomic E-state index is 0.180. The Hall–Kier alpha value is -1.63. The zero-order valence-electron chi connectivity index (χ0n) is 14.4. The highest BCUT2D eigenvalue weighted by atomic mass is 16.6. The molecule has 2 saturated heterocycles. The predicted molar refractivity (Wildman–Crippen MR) is 83.8 cm³/mol. The Morgan fingerprint density at radius 2 is 1.96 bits per heavy atom. The van der Waals surface area contributed by atoms with Crippen LogP contribution in [0.1, 0.15) is 51.7 Å². The van der Waals surface area contributed by atoms with Crippen LogP contribution in [0.2, 0.25) is 0 Å². The lowest BCUT2D eigenvalue weighted by atomic mass is 9.91. The zero-order chi connectivity index (χ0) is 16.6. The second-order valence-corrected chi connectivity index (χ2v) is 7.56. The Morgan fingerprint density at radius 3 is 2.48 bits per heavy atom. The van der Waals surface area contributed by atoms with Gasteiger partial charge in [-0.1, -0.05) is 5.16 Å². The highest BCUT2D eigenvalue weighted by Gasteiger charge is 2.42. The first-order valence-corrected chi connectivity index (χ1v) is 8.35. The molecule has 0 unspecified atom stereocenters. The number of hydrogen-bond donors (Lipinski definition) is 0. The number of rotatable bonds is 2. The highest BCUT2D eigenvalue weighted by Crippen LogP contribution is 2.30. The van der Waals surface area contributed by atoms with Crippen LogP contribution in [0.15, 0.2) is 4.52 Å². The summed E-state index contributed by atoms with van der Waals surface area (Å²) in [6, 6.07) is 0.419. The molecule has 0 radical (unpaired) electrons. The molecule has 3 heterocycles. The van der Waals surface area contributed by atoms with Crippen LogP contribution in [0.25, 0.3) is 0 Å². The van der Waals surface area contributed by atoms with Crippen LogP contribution >= 0.6 is 0 Å². The Labute approximate surface area is 137 Å². The smallest absolute Gasteiger partial charge is 0.410 e. The summed E-state index contributed by atoms with van der Waals surface area (Å²) in [7, 11) is 0. The second kappa shape index (κ2) is 6.11. The molecule has 0 aromatic carbocycles. The van der Waals surface area contributed by atoms with Gasteiger partial charge in [-0.05, 0) is 47.0 Å². The molecule has 0 spiro atoms. The molecule has 0 saturated carbocycles. The third-order valence-electron chi connectivity index (χ3n) is 4.33. The standard InChI is InChI=1S/C16H26N4O3/c1-11-17-14(23-18-11)10-19-8-12-6-5-7-13(9-19)20(12)15(21)22-16(2,3)4/h12-13H,5-10H2,1-4H3/t12-,13+. The van der Waals surface area contributed by atoms with E-state index < -0.39 is 5.60 Å². The maximum Gasteiger partial charge on any atom is 0.410 e. The summed E-state index contributed by atoms with van der Waals surface area (Å²) < 4.78 is 10.8. The number of aryl methyl sites for hydroxylation is 1. The van der Waals surface area contributed by atoms with E-state index in [4.69, 9.17) is 9.26 Å². The van der Waals surface area contributed by atoms with Crippen molar-refractivity contribution in [3.63, 3.8) is 0 Å². The predicted octanol–water partition coefficient (Wildman–Crippen LogP) is 2.35. The molecule has 2 aliphatic heterocycles. The first kappa shape index (κ1) is 16.2. The molecule has 1 aromatic rings. The molecule has 2 aliphatic rings. The molecule has 7 nitrogen and oxygen atoms in total. The second-order valence-electron chi connectivity index (χ2n) is 7.56. The minimum atomic E-state index is -0.455. The first-order valence-electron chi connectivity index (χ1n) is 8.35. The molecule has 0 N–H and O–H groups in total. The van der Waals surface area contributed by atoms with Crippen molar-refractivity contribution < 1.29 is 14.1 Å². The van der Waals surface area contributed by atoms with Gasteiger partial charge in [-0.3, -0.25) is 9.80 Å². The van der Waals surface area contributed by atoms with Gasteiger partial charge in [0.05, 0.1) is 6.54 Å². The summed E-state index contributed by atoms with van der Waals surface area (Å²) in [5, 5.41) is 3.84. The van der Waals surface area contributed by atoms with E-state index in [0.29, 0.717) is 18.3 Å². The number of hydrogen-bond acceptors (Lipinski definition) is 6. The van der Waals surface area contributed by atoms with Crippen molar-refractivity contribution >= 4 is 6.09 Å². The summed E-state index contributed by atoms with van der Waals surface area (Å²) >= 11 is 0. The fourth-order valence-corrected chi connectivity index (χ4v) is 3.53. The van der Waals surface area contributed by atoms with E-state index in [2.05, 4.69) is 15.0 Å². The molecule has 23 heavy (non-hydrogen) atoms. The van der Waals surface area contributed by atoms with E-state index in [1.165, 1.54) is 6.42 Å². The molecule has 3 rings (SSSR count). The number of amides is 1. The first-order chi connectivity index (χ1) is 10.8. The number of carbonyl (C=O) groups excluding carboxylic acids is 1. The molecule has 0 aliphatic carbocycles. The van der Waals surface area contributed by atoms with Gasteiger partial charge in [0.15, 0.2) is 5.82 Å². The number of fused-ring (bicyclic) bond motifs is 2. The van der Waals surface area contributed by atoms with Gasteiger partial charge < -0.3 is 9.26 Å². The number of piperidine rings is 1. The van der Waals surface area contributed by atoms with E-state index in [1.807, 2.05) is 32.6 Å². The monoisotopic (exact) mass is 322 g/mol. The molecule has 2 atom stereocenters. The zero-order valence-corrected chi connectivity index (χ0v) is 14.4. The molecule has 1 amide bonds. The molecular weight excluding hydrogens is 296 g/mol. The number of carbonyl (C=O) groups is 1. The largest absolute Gasteiger partial charge is 0.444 e. The lowest BCUT2D eigenvalue weighted by Crippen LogP contribution is -2.62. The minimum Gasteiger partial charge on any atom is -0.444 e. The van der Waals surface area contributed by atoms with E-state index in [1.54, 1.807) is 0 Å². The number of likely N-dealkylation sites (tertiary alicyclic amines) is 1. The van der Waals surface area contributed by atoms with Crippen LogP contribution in [0, 0.1) is 6.92 Å². The van der Waals surface area contributed by atoms with Crippen LogP contribution in [0.4, 0.5) is 4.79 Å². The summed E-state index contributed by atoms with van der Waals surface area (Å²) in [4.78, 5) is 21.1. The van der Waals surface area contributed by atoms with E-state index in [-0.39, 0.29) is 18.2 Å². The highest BCUT2D eigenvalue weighted by molar-refractivity contribution is 5.69. The number of aromatic nitrogens is 2. The SMILES string of the molecule is Cc1noc(CN2C[C@H]3CCC[C@@H](C2)N3C(=O)OC(C)(C)C)n1. The van der Waals surface area contributed by atoms with Gasteiger partial charge >= 0.3 is 6.09 Å². The van der Waals surface area contributed by atoms with Gasteiger partial charge in [-0.15, -0.1) is 0 Å². The van der Waals surface area contributed by atoms with E-state index in [9.17, 15) is 4.79 Å². The molecular formula is C16H26N4O3. The van der Waals surface area contributed by atoms with E-state index >= 15 is 0 Å². The summed E-state index contributed by atoms with van der Waals surface area (Å²) in [6.07, 6.45) is 3.03. The fraction of sp³-hybridized carbons (Fsp3) is 0.812. The van der Waals surface area contributed by atoms with Crippen LogP contribution in [-0.4, -0.2) is 56.8 Å². The van der Waals surface area contributed by atoms with E-state index in [0.717, 1.165) is 25.9 Å². The maximum atomic E-state index is 12.5. The van der Waals surface area contributed by atoms with Crippen molar-refractivity contribution in [1.82, 2.24) is 19.9 Å². The third kappa shape index (κ3) is 3.83. The van der Waals surface area contributed by atoms with Crippen molar-refractivity contribution in [3.05, 3.63) is 11.7 Å². The number of nitrogens with zero attached hydrogens (tertiary/aromatic N) is 4. The van der Waals surface area contributed by atoms with Gasteiger partial charge in [-0.2, -0.15) is 4.98 Å². The summed E-state index contributed by atoms with van der Waals surface area (Å²) in [5.74, 6) is 1.30. The van der Waals surface area contributed by atoms with Crippen LogP contribution < -0.4 is 0 Å². The molecule has 2 fully saturated rings. The van der Waals surface area contributed by atoms with Crippen molar-refractivity contribution in [1.29, 1.82) is 0 Å². The lowest BCUT2D eigenvalue weighted by molar-refractivity contribution is -0.0404. The number of piperazine rings is 1. The maximum absolute atomic E-state index is 12.5. The molecule has 2 bridgehead atoms. The van der Waals surface area contributed by atoms with Crippen LogP contribution in [-0.2, 0) is 11.3 Å². The topological polar surface area (TPSA) is 71.7 Å². The quantitative estimate of drug-likeness (QED) is 0.832. The normalized spacial score (nSPS) is 25.5. The van der Waals surface area contributed by atoms with Gasteiger partial charge in [0.1, 0.15) is 5.60 Å². The van der Waals surface area contributed by atoms with Crippen molar-refractivity contribution in [2.75, 3.05) is 13.1 Å². The Balaban J connectivity index is 1.67. The Kier molecular flexibility index (Phi) is 4.31. The number of ether oxygens (including phenoxy) is 1. The van der Waals surface area contributed by atoms with Gasteiger partial charge in [0, 0.05) is 25.2 Å². The third-order valence-corrected chi connectivity index (χ3v) is 4.33. The average molecular weight is 322 g/mol. The summed E-state index contributed by atoms with van der Waals surface area (Å²) in [6.45, 7) is 9.87. The fourth-order valence-electron chi connectivity index (χ4n) is 3.53. The average Bonchev–Trinajstić information content (AvgIpc) is 2.81. The Bertz CT molecular complexity index is 552. The van der Waals surface area contributed by atoms with Crippen molar-refractivity contribution in [2.24, 2.45) is 0 Å². The van der Waals surface area contributed by atoms with Crippen molar-refractivity contribution in [3.8, 4) is 0 Å².